The monoisotopic (exact) mass is 284 g/mol. The fraction of sp³-hybridized carbons (Fsp3) is 0.308. The summed E-state index contributed by atoms with van der Waals surface area (Å²) in [6, 6.07) is 2.83. The number of phenols is 1. The molecule has 0 radical (unpaired) electrons. The summed E-state index contributed by atoms with van der Waals surface area (Å²) in [7, 11) is 5.26. The zero-order valence-corrected chi connectivity index (χ0v) is 11.6. The molecule has 0 aliphatic heterocycles. The fourth-order valence-corrected chi connectivity index (χ4v) is 1.64. The molecule has 0 fully saturated rings. The SMILES string of the molecule is COC(C(=O)O)=C(OC)c1cc(OC)c(O)c(OC)c1. The molecule has 1 rings (SSSR count). The Hall–Kier alpha value is -2.57. The largest absolute Gasteiger partial charge is 0.502 e. The highest BCUT2D eigenvalue weighted by molar-refractivity contribution is 5.93. The lowest BCUT2D eigenvalue weighted by atomic mass is 10.1. The lowest BCUT2D eigenvalue weighted by molar-refractivity contribution is -0.136. The van der Waals surface area contributed by atoms with Gasteiger partial charge in [-0.05, 0) is 12.1 Å². The molecule has 0 bridgehead atoms. The van der Waals surface area contributed by atoms with Crippen LogP contribution in [-0.2, 0) is 14.3 Å². The van der Waals surface area contributed by atoms with E-state index in [0.29, 0.717) is 5.56 Å². The van der Waals surface area contributed by atoms with E-state index in [1.165, 1.54) is 40.6 Å². The summed E-state index contributed by atoms with van der Waals surface area (Å²) in [4.78, 5) is 11.1. The van der Waals surface area contributed by atoms with Crippen LogP contribution >= 0.6 is 0 Å². The number of hydrogen-bond acceptors (Lipinski definition) is 6. The number of carboxylic acids is 1. The molecule has 2 N–H and O–H groups in total. The van der Waals surface area contributed by atoms with Crippen molar-refractivity contribution in [1.29, 1.82) is 0 Å². The van der Waals surface area contributed by atoms with Crippen LogP contribution in [-0.4, -0.2) is 44.6 Å². The summed E-state index contributed by atoms with van der Waals surface area (Å²) in [5.41, 5.74) is 0.332. The standard InChI is InChI=1S/C13H16O7/c1-17-8-5-7(6-9(18-2)10(8)14)11(19-3)12(20-4)13(15)16/h5-6,14H,1-4H3,(H,15,16). The average molecular weight is 284 g/mol. The number of ether oxygens (including phenoxy) is 4. The van der Waals surface area contributed by atoms with Gasteiger partial charge in [0.05, 0.1) is 28.4 Å². The Morgan fingerprint density at radius 1 is 1.00 bits per heavy atom. The molecule has 0 unspecified atom stereocenters. The van der Waals surface area contributed by atoms with Gasteiger partial charge in [-0.3, -0.25) is 0 Å². The molecule has 1 aromatic rings. The van der Waals surface area contributed by atoms with Crippen molar-refractivity contribution in [1.82, 2.24) is 0 Å². The molecule has 1 aromatic carbocycles. The summed E-state index contributed by atoms with van der Waals surface area (Å²) in [6.07, 6.45) is 0. The predicted molar refractivity (Wildman–Crippen MR) is 69.8 cm³/mol. The summed E-state index contributed by atoms with van der Waals surface area (Å²) >= 11 is 0. The van der Waals surface area contributed by atoms with Gasteiger partial charge < -0.3 is 29.2 Å². The van der Waals surface area contributed by atoms with E-state index in [9.17, 15) is 9.90 Å². The van der Waals surface area contributed by atoms with Gasteiger partial charge in [-0.15, -0.1) is 0 Å². The van der Waals surface area contributed by atoms with Gasteiger partial charge in [-0.1, -0.05) is 0 Å². The van der Waals surface area contributed by atoms with Crippen LogP contribution in [0.2, 0.25) is 0 Å². The topological polar surface area (TPSA) is 94.5 Å². The molecule has 7 heteroatoms. The number of hydrogen-bond donors (Lipinski definition) is 2. The molecular formula is C13H16O7. The molecule has 110 valence electrons. The van der Waals surface area contributed by atoms with Crippen LogP contribution in [0.5, 0.6) is 17.2 Å². The van der Waals surface area contributed by atoms with E-state index in [2.05, 4.69) is 0 Å². The zero-order chi connectivity index (χ0) is 15.3. The Balaban J connectivity index is 3.54. The lowest BCUT2D eigenvalue weighted by Gasteiger charge is -2.14. The Bertz CT molecular complexity index is 509. The van der Waals surface area contributed by atoms with Gasteiger partial charge in [-0.25, -0.2) is 4.79 Å². The van der Waals surface area contributed by atoms with E-state index >= 15 is 0 Å². The zero-order valence-electron chi connectivity index (χ0n) is 11.6. The highest BCUT2D eigenvalue weighted by Crippen LogP contribution is 2.39. The van der Waals surface area contributed by atoms with Crippen molar-refractivity contribution in [2.75, 3.05) is 28.4 Å². The molecule has 0 aliphatic rings. The van der Waals surface area contributed by atoms with Crippen molar-refractivity contribution in [3.05, 3.63) is 23.5 Å². The Morgan fingerprint density at radius 2 is 1.50 bits per heavy atom. The Morgan fingerprint density at radius 3 is 1.80 bits per heavy atom. The summed E-state index contributed by atoms with van der Waals surface area (Å²) in [5, 5.41) is 18.9. The Kier molecular flexibility index (Phi) is 5.08. The van der Waals surface area contributed by atoms with E-state index in [1.807, 2.05) is 0 Å². The molecule has 0 aliphatic carbocycles. The van der Waals surface area contributed by atoms with Crippen molar-refractivity contribution in [2.24, 2.45) is 0 Å². The van der Waals surface area contributed by atoms with E-state index < -0.39 is 5.97 Å². The van der Waals surface area contributed by atoms with Crippen LogP contribution in [0.3, 0.4) is 0 Å². The van der Waals surface area contributed by atoms with Crippen molar-refractivity contribution in [2.45, 2.75) is 0 Å². The predicted octanol–water partition coefficient (Wildman–Crippen LogP) is 1.46. The molecule has 0 amide bonds. The number of rotatable bonds is 6. The summed E-state index contributed by atoms with van der Waals surface area (Å²) in [6.45, 7) is 0. The molecular weight excluding hydrogens is 268 g/mol. The molecule has 0 heterocycles. The van der Waals surface area contributed by atoms with Crippen LogP contribution in [0.15, 0.2) is 17.9 Å². The van der Waals surface area contributed by atoms with Crippen molar-refractivity contribution >= 4 is 11.7 Å². The third-order valence-electron chi connectivity index (χ3n) is 2.55. The first-order valence-corrected chi connectivity index (χ1v) is 5.51. The van der Waals surface area contributed by atoms with Gasteiger partial charge in [0.25, 0.3) is 0 Å². The van der Waals surface area contributed by atoms with Crippen LogP contribution in [0.25, 0.3) is 5.76 Å². The number of methoxy groups -OCH3 is 4. The van der Waals surface area contributed by atoms with Gasteiger partial charge in [0.2, 0.25) is 11.5 Å². The van der Waals surface area contributed by atoms with E-state index in [4.69, 9.17) is 24.1 Å². The maximum Gasteiger partial charge on any atom is 0.375 e. The number of aromatic hydroxyl groups is 1. The number of phenolic OH excluding ortho intramolecular Hbond substituents is 1. The maximum atomic E-state index is 11.1. The van der Waals surface area contributed by atoms with Crippen molar-refractivity contribution < 1.29 is 34.0 Å². The first-order valence-electron chi connectivity index (χ1n) is 5.51. The minimum atomic E-state index is -1.28. The Labute approximate surface area is 116 Å². The van der Waals surface area contributed by atoms with Gasteiger partial charge in [-0.2, -0.15) is 0 Å². The molecule has 20 heavy (non-hydrogen) atoms. The fourth-order valence-electron chi connectivity index (χ4n) is 1.64. The van der Waals surface area contributed by atoms with E-state index in [-0.39, 0.29) is 28.8 Å². The van der Waals surface area contributed by atoms with Crippen molar-refractivity contribution in [3.8, 4) is 17.2 Å². The van der Waals surface area contributed by atoms with Crippen LogP contribution in [0, 0.1) is 0 Å². The van der Waals surface area contributed by atoms with Gasteiger partial charge in [0.15, 0.2) is 17.3 Å². The maximum absolute atomic E-state index is 11.1. The van der Waals surface area contributed by atoms with Crippen LogP contribution in [0.1, 0.15) is 5.56 Å². The second-order valence-corrected chi connectivity index (χ2v) is 3.60. The molecule has 7 nitrogen and oxygen atoms in total. The van der Waals surface area contributed by atoms with E-state index in [1.54, 1.807) is 0 Å². The smallest absolute Gasteiger partial charge is 0.375 e. The molecule has 0 saturated heterocycles. The third kappa shape index (κ3) is 2.87. The number of benzene rings is 1. The van der Waals surface area contributed by atoms with E-state index in [0.717, 1.165) is 0 Å². The lowest BCUT2D eigenvalue weighted by Crippen LogP contribution is -2.08. The van der Waals surface area contributed by atoms with Crippen LogP contribution in [0.4, 0.5) is 0 Å². The van der Waals surface area contributed by atoms with Gasteiger partial charge >= 0.3 is 5.97 Å². The summed E-state index contributed by atoms with van der Waals surface area (Å²) in [5.74, 6) is -1.62. The number of carboxylic acid groups (broad SMARTS) is 1. The average Bonchev–Trinajstić information content (AvgIpc) is 2.44. The van der Waals surface area contributed by atoms with Crippen LogP contribution < -0.4 is 9.47 Å². The number of aliphatic carboxylic acids is 1. The minimum absolute atomic E-state index is 0.0170. The van der Waals surface area contributed by atoms with Gasteiger partial charge in [0, 0.05) is 5.56 Å². The first-order chi connectivity index (χ1) is 9.49. The molecule has 0 saturated carbocycles. The third-order valence-corrected chi connectivity index (χ3v) is 2.55. The second-order valence-electron chi connectivity index (χ2n) is 3.60. The molecule has 0 aromatic heterocycles. The van der Waals surface area contributed by atoms with Gasteiger partial charge in [0.1, 0.15) is 0 Å². The molecule has 0 atom stereocenters. The minimum Gasteiger partial charge on any atom is -0.502 e. The normalized spacial score (nSPS) is 11.4. The first kappa shape index (κ1) is 15.5. The summed E-state index contributed by atoms with van der Waals surface area (Å²) < 4.78 is 19.9. The van der Waals surface area contributed by atoms with Crippen molar-refractivity contribution in [3.63, 3.8) is 0 Å². The highest BCUT2D eigenvalue weighted by atomic mass is 16.5. The second kappa shape index (κ2) is 6.55. The number of carbonyl (C=O) groups is 1. The highest BCUT2D eigenvalue weighted by Gasteiger charge is 2.21. The quantitative estimate of drug-likeness (QED) is 0.603. The molecule has 0 spiro atoms.